The van der Waals surface area contributed by atoms with Crippen molar-refractivity contribution in [3.63, 3.8) is 0 Å². The zero-order valence-electron chi connectivity index (χ0n) is 12.2. The normalized spacial score (nSPS) is 11.9. The molecule has 1 atom stereocenters. The highest BCUT2D eigenvalue weighted by molar-refractivity contribution is 6.30. The first-order chi connectivity index (χ1) is 11.1. The van der Waals surface area contributed by atoms with Crippen molar-refractivity contribution in [1.82, 2.24) is 0 Å². The molecule has 0 bridgehead atoms. The molecule has 2 aromatic rings. The molecule has 23 heavy (non-hydrogen) atoms. The predicted molar refractivity (Wildman–Crippen MR) is 85.7 cm³/mol. The summed E-state index contributed by atoms with van der Waals surface area (Å²) in [7, 11) is 0. The van der Waals surface area contributed by atoms with Gasteiger partial charge in [0.25, 0.3) is 0 Å². The number of nitro groups is 1. The van der Waals surface area contributed by atoms with Crippen molar-refractivity contribution in [2.75, 3.05) is 13.2 Å². The Bertz CT molecular complexity index is 647. The van der Waals surface area contributed by atoms with E-state index in [1.165, 1.54) is 12.1 Å². The van der Waals surface area contributed by atoms with Crippen molar-refractivity contribution < 1.29 is 19.5 Å². The van der Waals surface area contributed by atoms with Crippen LogP contribution in [0.15, 0.2) is 48.5 Å². The molecular formula is C16H16ClNO5. The molecule has 0 saturated carbocycles. The third-order valence-electron chi connectivity index (χ3n) is 2.99. The number of aliphatic hydroxyl groups excluding tert-OH is 1. The van der Waals surface area contributed by atoms with Crippen LogP contribution in [0.4, 0.5) is 5.69 Å². The SMILES string of the molecule is O=[N+]([O-])c1ccccc1OCC(O)COCc1ccc(Cl)cc1. The summed E-state index contributed by atoms with van der Waals surface area (Å²) in [6.45, 7) is 0.300. The van der Waals surface area contributed by atoms with Crippen LogP contribution < -0.4 is 4.74 Å². The van der Waals surface area contributed by atoms with Gasteiger partial charge in [0.1, 0.15) is 12.7 Å². The highest BCUT2D eigenvalue weighted by atomic mass is 35.5. The maximum absolute atomic E-state index is 10.8. The number of hydrogen-bond acceptors (Lipinski definition) is 5. The van der Waals surface area contributed by atoms with Crippen LogP contribution in [0, 0.1) is 10.1 Å². The molecule has 0 radical (unpaired) electrons. The first kappa shape index (κ1) is 17.2. The first-order valence-electron chi connectivity index (χ1n) is 6.92. The van der Waals surface area contributed by atoms with Gasteiger partial charge in [-0.15, -0.1) is 0 Å². The Morgan fingerprint density at radius 2 is 1.83 bits per heavy atom. The molecule has 6 nitrogen and oxygen atoms in total. The van der Waals surface area contributed by atoms with Crippen molar-refractivity contribution in [3.8, 4) is 5.75 Å². The van der Waals surface area contributed by atoms with Crippen molar-refractivity contribution in [1.29, 1.82) is 0 Å². The fourth-order valence-electron chi connectivity index (χ4n) is 1.86. The number of nitrogens with zero attached hydrogens (tertiary/aromatic N) is 1. The molecule has 0 fully saturated rings. The molecule has 122 valence electrons. The first-order valence-corrected chi connectivity index (χ1v) is 7.30. The van der Waals surface area contributed by atoms with Crippen LogP contribution in [0.25, 0.3) is 0 Å². The van der Waals surface area contributed by atoms with Gasteiger partial charge in [0.15, 0.2) is 5.75 Å². The van der Waals surface area contributed by atoms with Gasteiger partial charge in [-0.1, -0.05) is 35.9 Å². The van der Waals surface area contributed by atoms with Gasteiger partial charge in [0.2, 0.25) is 0 Å². The van der Waals surface area contributed by atoms with E-state index in [0.717, 1.165) is 5.56 Å². The summed E-state index contributed by atoms with van der Waals surface area (Å²) < 4.78 is 10.7. The van der Waals surface area contributed by atoms with Crippen LogP contribution >= 0.6 is 11.6 Å². The molecule has 0 aliphatic rings. The van der Waals surface area contributed by atoms with E-state index in [4.69, 9.17) is 21.1 Å². The molecule has 0 amide bonds. The van der Waals surface area contributed by atoms with Gasteiger partial charge in [0, 0.05) is 11.1 Å². The van der Waals surface area contributed by atoms with E-state index in [1.54, 1.807) is 24.3 Å². The van der Waals surface area contributed by atoms with Crippen molar-refractivity contribution in [2.24, 2.45) is 0 Å². The zero-order valence-corrected chi connectivity index (χ0v) is 13.0. The summed E-state index contributed by atoms with van der Waals surface area (Å²) in [4.78, 5) is 10.3. The maximum Gasteiger partial charge on any atom is 0.310 e. The molecular weight excluding hydrogens is 322 g/mol. The zero-order chi connectivity index (χ0) is 16.7. The Hall–Kier alpha value is -2.15. The summed E-state index contributed by atoms with van der Waals surface area (Å²) in [6, 6.07) is 13.2. The largest absolute Gasteiger partial charge is 0.484 e. The molecule has 0 heterocycles. The van der Waals surface area contributed by atoms with Crippen LogP contribution in [0.1, 0.15) is 5.56 Å². The lowest BCUT2D eigenvalue weighted by Crippen LogP contribution is -2.23. The topological polar surface area (TPSA) is 81.8 Å². The summed E-state index contributed by atoms with van der Waals surface area (Å²) in [5, 5.41) is 21.3. The highest BCUT2D eigenvalue weighted by Gasteiger charge is 2.15. The van der Waals surface area contributed by atoms with Gasteiger partial charge in [-0.2, -0.15) is 0 Å². The van der Waals surface area contributed by atoms with Crippen molar-refractivity contribution in [2.45, 2.75) is 12.7 Å². The van der Waals surface area contributed by atoms with E-state index < -0.39 is 11.0 Å². The van der Waals surface area contributed by atoms with E-state index in [0.29, 0.717) is 11.6 Å². The standard InChI is InChI=1S/C16H16ClNO5/c17-13-7-5-12(6-8-13)9-22-10-14(19)11-23-16-4-2-1-3-15(16)18(20)21/h1-8,14,19H,9-11H2. The monoisotopic (exact) mass is 337 g/mol. The lowest BCUT2D eigenvalue weighted by Gasteiger charge is -2.13. The molecule has 0 aromatic heterocycles. The molecule has 0 aliphatic carbocycles. The summed E-state index contributed by atoms with van der Waals surface area (Å²) in [6.07, 6.45) is -0.887. The quantitative estimate of drug-likeness (QED) is 0.591. The molecule has 2 aromatic carbocycles. The van der Waals surface area contributed by atoms with Crippen molar-refractivity contribution >= 4 is 17.3 Å². The number of rotatable bonds is 8. The minimum absolute atomic E-state index is 0.0588. The summed E-state index contributed by atoms with van der Waals surface area (Å²) >= 11 is 5.79. The maximum atomic E-state index is 10.8. The molecule has 1 unspecified atom stereocenters. The van der Waals surface area contributed by atoms with Crippen LogP contribution in [-0.2, 0) is 11.3 Å². The second-order valence-electron chi connectivity index (χ2n) is 4.83. The molecule has 1 N–H and O–H groups in total. The Kier molecular flexibility index (Phi) is 6.34. The summed E-state index contributed by atoms with van der Waals surface area (Å²) in [5.74, 6) is 0.120. The minimum Gasteiger partial charge on any atom is -0.484 e. The molecule has 0 aliphatic heterocycles. The average Bonchev–Trinajstić information content (AvgIpc) is 2.55. The number of ether oxygens (including phenoxy) is 2. The average molecular weight is 338 g/mol. The fraction of sp³-hybridized carbons (Fsp3) is 0.250. The third kappa shape index (κ3) is 5.52. The van der Waals surface area contributed by atoms with Crippen LogP contribution in [0.2, 0.25) is 5.02 Å². The Labute approximate surface area is 138 Å². The van der Waals surface area contributed by atoms with Gasteiger partial charge < -0.3 is 14.6 Å². The van der Waals surface area contributed by atoms with E-state index >= 15 is 0 Å². The van der Waals surface area contributed by atoms with Crippen LogP contribution in [0.5, 0.6) is 5.75 Å². The van der Waals surface area contributed by atoms with Crippen LogP contribution in [-0.4, -0.2) is 29.3 Å². The van der Waals surface area contributed by atoms with Gasteiger partial charge in [-0.25, -0.2) is 0 Å². The van der Waals surface area contributed by atoms with Gasteiger partial charge >= 0.3 is 5.69 Å². The van der Waals surface area contributed by atoms with E-state index in [1.807, 2.05) is 12.1 Å². The second kappa shape index (κ2) is 8.47. The molecule has 2 rings (SSSR count). The Balaban J connectivity index is 1.76. The van der Waals surface area contributed by atoms with Gasteiger partial charge in [0.05, 0.1) is 18.1 Å². The fourth-order valence-corrected chi connectivity index (χ4v) is 1.98. The number of nitro benzene ring substituents is 1. The van der Waals surface area contributed by atoms with Gasteiger partial charge in [-0.3, -0.25) is 10.1 Å². The number of halogens is 1. The van der Waals surface area contributed by atoms with E-state index in [-0.39, 0.29) is 24.7 Å². The number of para-hydroxylation sites is 2. The number of aliphatic hydroxyl groups is 1. The third-order valence-corrected chi connectivity index (χ3v) is 3.24. The van der Waals surface area contributed by atoms with E-state index in [9.17, 15) is 15.2 Å². The predicted octanol–water partition coefficient (Wildman–Crippen LogP) is 3.20. The van der Waals surface area contributed by atoms with E-state index in [2.05, 4.69) is 0 Å². The highest BCUT2D eigenvalue weighted by Crippen LogP contribution is 2.25. The smallest absolute Gasteiger partial charge is 0.310 e. The number of benzene rings is 2. The minimum atomic E-state index is -0.887. The van der Waals surface area contributed by atoms with Crippen molar-refractivity contribution in [3.05, 3.63) is 69.2 Å². The molecule has 0 spiro atoms. The Morgan fingerprint density at radius 3 is 2.52 bits per heavy atom. The second-order valence-corrected chi connectivity index (χ2v) is 5.27. The Morgan fingerprint density at radius 1 is 1.13 bits per heavy atom. The lowest BCUT2D eigenvalue weighted by molar-refractivity contribution is -0.385. The lowest BCUT2D eigenvalue weighted by atomic mass is 10.2. The van der Waals surface area contributed by atoms with Crippen LogP contribution in [0.3, 0.4) is 0 Å². The summed E-state index contributed by atoms with van der Waals surface area (Å²) in [5.41, 5.74) is 0.794. The molecule has 0 saturated heterocycles. The number of hydrogen-bond donors (Lipinski definition) is 1. The van der Waals surface area contributed by atoms with Gasteiger partial charge in [-0.05, 0) is 23.8 Å². The molecule has 7 heteroatoms.